The first-order valence-corrected chi connectivity index (χ1v) is 3.85. The van der Waals surface area contributed by atoms with E-state index in [0.29, 0.717) is 0 Å². The Morgan fingerprint density at radius 3 is 2.29 bits per heavy atom. The summed E-state index contributed by atoms with van der Waals surface area (Å²) in [5, 5.41) is 21.3. The van der Waals surface area contributed by atoms with Gasteiger partial charge in [-0.05, 0) is 0 Å². The molecule has 2 amide bonds. The number of carboxylic acids is 1. The molecule has 0 aromatic heterocycles. The topological polar surface area (TPSA) is 116 Å². The van der Waals surface area contributed by atoms with E-state index in [1.807, 2.05) is 0 Å². The first-order valence-electron chi connectivity index (χ1n) is 3.85. The molecule has 0 heterocycles. The van der Waals surface area contributed by atoms with Crippen LogP contribution in [0.3, 0.4) is 0 Å². The maximum atomic E-state index is 10.8. The number of rotatable bonds is 5. The molecule has 0 rings (SSSR count). The largest absolute Gasteiger partial charge is 0.479 e. The van der Waals surface area contributed by atoms with E-state index in [4.69, 9.17) is 10.2 Å². The maximum Gasteiger partial charge on any atom is 0.334 e. The summed E-state index contributed by atoms with van der Waals surface area (Å²) in [6.07, 6.45) is -1.63. The van der Waals surface area contributed by atoms with Crippen molar-refractivity contribution in [3.8, 4) is 0 Å². The van der Waals surface area contributed by atoms with Crippen molar-refractivity contribution in [1.29, 1.82) is 0 Å². The molecule has 0 bridgehead atoms. The number of aliphatic carboxylic acids is 1. The number of carboxylic acid groups (broad SMARTS) is 1. The molecule has 1 unspecified atom stereocenters. The number of hydrogen-bond donors (Lipinski definition) is 4. The molecule has 4 N–H and O–H groups in total. The smallest absolute Gasteiger partial charge is 0.334 e. The zero-order valence-corrected chi connectivity index (χ0v) is 7.61. The normalized spacial score (nSPS) is 11.6. The second-order valence-electron chi connectivity index (χ2n) is 2.57. The van der Waals surface area contributed by atoms with Crippen LogP contribution in [-0.2, 0) is 14.4 Å². The standard InChI is InChI=1S/C7H12N2O5/c1-4(10)8-3-6(12)9-2-5(11)7(13)14/h5,11H,2-3H2,1H3,(H,8,10)(H,9,12)(H,13,14). The minimum Gasteiger partial charge on any atom is -0.479 e. The number of nitrogens with one attached hydrogen (secondary N) is 2. The Hall–Kier alpha value is -1.63. The zero-order valence-electron chi connectivity index (χ0n) is 7.61. The van der Waals surface area contributed by atoms with Crippen molar-refractivity contribution < 1.29 is 24.6 Å². The number of carbonyl (C=O) groups is 3. The number of carbonyl (C=O) groups excluding carboxylic acids is 2. The molecule has 7 heteroatoms. The number of aliphatic hydroxyl groups excluding tert-OH is 1. The van der Waals surface area contributed by atoms with Gasteiger partial charge in [0.1, 0.15) is 0 Å². The van der Waals surface area contributed by atoms with E-state index in [-0.39, 0.29) is 19.0 Å². The van der Waals surface area contributed by atoms with E-state index in [1.54, 1.807) is 0 Å². The summed E-state index contributed by atoms with van der Waals surface area (Å²) in [6, 6.07) is 0. The highest BCUT2D eigenvalue weighted by atomic mass is 16.4. The van der Waals surface area contributed by atoms with Gasteiger partial charge in [0.15, 0.2) is 6.10 Å². The molecule has 0 aromatic rings. The number of amides is 2. The van der Waals surface area contributed by atoms with Gasteiger partial charge in [-0.1, -0.05) is 0 Å². The average molecular weight is 204 g/mol. The second-order valence-corrected chi connectivity index (χ2v) is 2.57. The molecule has 0 fully saturated rings. The van der Waals surface area contributed by atoms with Crippen LogP contribution in [0.5, 0.6) is 0 Å². The monoisotopic (exact) mass is 204 g/mol. The Morgan fingerprint density at radius 1 is 1.29 bits per heavy atom. The Labute approximate surface area is 80.1 Å². The molecule has 0 aliphatic carbocycles. The van der Waals surface area contributed by atoms with Crippen molar-refractivity contribution in [2.45, 2.75) is 13.0 Å². The summed E-state index contributed by atoms with van der Waals surface area (Å²) in [7, 11) is 0. The molecule has 0 radical (unpaired) electrons. The van der Waals surface area contributed by atoms with Crippen molar-refractivity contribution in [3.05, 3.63) is 0 Å². The van der Waals surface area contributed by atoms with E-state index in [0.717, 1.165) is 0 Å². The minimum absolute atomic E-state index is 0.234. The van der Waals surface area contributed by atoms with Crippen LogP contribution in [0.1, 0.15) is 6.92 Å². The molecule has 14 heavy (non-hydrogen) atoms. The quantitative estimate of drug-likeness (QED) is 0.401. The van der Waals surface area contributed by atoms with Crippen LogP contribution >= 0.6 is 0 Å². The SMILES string of the molecule is CC(=O)NCC(=O)NCC(O)C(=O)O. The Kier molecular flexibility index (Phi) is 5.23. The van der Waals surface area contributed by atoms with Gasteiger partial charge < -0.3 is 20.8 Å². The third-order valence-corrected chi connectivity index (χ3v) is 1.28. The lowest BCUT2D eigenvalue weighted by molar-refractivity contribution is -0.146. The van der Waals surface area contributed by atoms with E-state index in [1.165, 1.54) is 6.92 Å². The lowest BCUT2D eigenvalue weighted by atomic mass is 10.3. The third-order valence-electron chi connectivity index (χ3n) is 1.28. The number of aliphatic hydroxyl groups is 1. The van der Waals surface area contributed by atoms with E-state index >= 15 is 0 Å². The van der Waals surface area contributed by atoms with Gasteiger partial charge >= 0.3 is 5.97 Å². The summed E-state index contributed by atoms with van der Waals surface area (Å²) in [5.74, 6) is -2.33. The fourth-order valence-corrected chi connectivity index (χ4v) is 0.565. The minimum atomic E-state index is -1.63. The highest BCUT2D eigenvalue weighted by Crippen LogP contribution is 1.79. The summed E-state index contributed by atoms with van der Waals surface area (Å²) in [6.45, 7) is 0.634. The molecular weight excluding hydrogens is 192 g/mol. The highest BCUT2D eigenvalue weighted by molar-refractivity contribution is 5.84. The van der Waals surface area contributed by atoms with Crippen LogP contribution in [0.2, 0.25) is 0 Å². The Morgan fingerprint density at radius 2 is 1.86 bits per heavy atom. The fraction of sp³-hybridized carbons (Fsp3) is 0.571. The van der Waals surface area contributed by atoms with Gasteiger partial charge in [0.05, 0.1) is 13.1 Å². The molecular formula is C7H12N2O5. The van der Waals surface area contributed by atoms with Gasteiger partial charge in [-0.25, -0.2) is 4.79 Å². The van der Waals surface area contributed by atoms with Crippen LogP contribution in [0.15, 0.2) is 0 Å². The average Bonchev–Trinajstić information content (AvgIpc) is 2.10. The molecule has 7 nitrogen and oxygen atoms in total. The van der Waals surface area contributed by atoms with Gasteiger partial charge in [0.25, 0.3) is 0 Å². The zero-order chi connectivity index (χ0) is 11.1. The Bertz CT molecular complexity index is 240. The summed E-state index contributed by atoms with van der Waals surface area (Å²) in [5.41, 5.74) is 0. The van der Waals surface area contributed by atoms with Gasteiger partial charge in [0.2, 0.25) is 11.8 Å². The van der Waals surface area contributed by atoms with Crippen LogP contribution in [0, 0.1) is 0 Å². The van der Waals surface area contributed by atoms with Gasteiger partial charge in [-0.15, -0.1) is 0 Å². The molecule has 0 aliphatic rings. The van der Waals surface area contributed by atoms with E-state index in [9.17, 15) is 14.4 Å². The lowest BCUT2D eigenvalue weighted by Crippen LogP contribution is -2.41. The first kappa shape index (κ1) is 12.4. The highest BCUT2D eigenvalue weighted by Gasteiger charge is 2.13. The second kappa shape index (κ2) is 5.92. The van der Waals surface area contributed by atoms with E-state index < -0.39 is 18.0 Å². The first-order chi connectivity index (χ1) is 6.43. The Balaban J connectivity index is 3.64. The van der Waals surface area contributed by atoms with Gasteiger partial charge in [-0.2, -0.15) is 0 Å². The van der Waals surface area contributed by atoms with Crippen LogP contribution in [0.4, 0.5) is 0 Å². The lowest BCUT2D eigenvalue weighted by Gasteiger charge is -2.07. The summed E-state index contributed by atoms with van der Waals surface area (Å²) in [4.78, 5) is 31.3. The predicted octanol–water partition coefficient (Wildman–Crippen LogP) is -2.32. The van der Waals surface area contributed by atoms with E-state index in [2.05, 4.69) is 10.6 Å². The molecule has 0 saturated heterocycles. The fourth-order valence-electron chi connectivity index (χ4n) is 0.565. The molecule has 1 atom stereocenters. The van der Waals surface area contributed by atoms with Crippen molar-refractivity contribution in [2.75, 3.05) is 13.1 Å². The van der Waals surface area contributed by atoms with Crippen molar-refractivity contribution in [2.24, 2.45) is 0 Å². The van der Waals surface area contributed by atoms with Crippen molar-refractivity contribution >= 4 is 17.8 Å². The maximum absolute atomic E-state index is 10.8. The van der Waals surface area contributed by atoms with Crippen LogP contribution in [-0.4, -0.2) is 47.2 Å². The summed E-state index contributed by atoms with van der Waals surface area (Å²) >= 11 is 0. The van der Waals surface area contributed by atoms with Crippen LogP contribution in [0.25, 0.3) is 0 Å². The molecule has 0 aliphatic heterocycles. The third kappa shape index (κ3) is 5.95. The molecule has 0 saturated carbocycles. The molecule has 80 valence electrons. The van der Waals surface area contributed by atoms with Crippen LogP contribution < -0.4 is 10.6 Å². The summed E-state index contributed by atoms with van der Waals surface area (Å²) < 4.78 is 0. The molecule has 0 spiro atoms. The van der Waals surface area contributed by atoms with Crippen molar-refractivity contribution in [3.63, 3.8) is 0 Å². The number of hydrogen-bond acceptors (Lipinski definition) is 4. The van der Waals surface area contributed by atoms with Crippen molar-refractivity contribution in [1.82, 2.24) is 10.6 Å². The van der Waals surface area contributed by atoms with Gasteiger partial charge in [-0.3, -0.25) is 9.59 Å². The predicted molar refractivity (Wildman–Crippen MR) is 45.3 cm³/mol. The van der Waals surface area contributed by atoms with Gasteiger partial charge in [0, 0.05) is 6.92 Å². The molecule has 0 aromatic carbocycles.